The van der Waals surface area contributed by atoms with Crippen LogP contribution >= 0.6 is 11.3 Å². The summed E-state index contributed by atoms with van der Waals surface area (Å²) in [5, 5.41) is 3.57. The average Bonchev–Trinajstić information content (AvgIpc) is 2.90. The fourth-order valence-electron chi connectivity index (χ4n) is 2.32. The maximum atomic E-state index is 4.55. The molecule has 0 N–H and O–H groups in total. The summed E-state index contributed by atoms with van der Waals surface area (Å²) < 4.78 is 1.26. The first-order valence-electron chi connectivity index (χ1n) is 6.17. The predicted molar refractivity (Wildman–Crippen MR) is 81.4 cm³/mol. The molecule has 0 fully saturated rings. The van der Waals surface area contributed by atoms with E-state index in [1.54, 1.807) is 11.3 Å². The van der Waals surface area contributed by atoms with Crippen molar-refractivity contribution in [1.82, 2.24) is 4.98 Å². The topological polar surface area (TPSA) is 12.9 Å². The Hall–Kier alpha value is -1.54. The van der Waals surface area contributed by atoms with Crippen molar-refractivity contribution in [2.75, 3.05) is 0 Å². The van der Waals surface area contributed by atoms with Gasteiger partial charge in [-0.15, -0.1) is 23.6 Å². The molecule has 2 aromatic heterocycles. The second-order valence-corrected chi connectivity index (χ2v) is 5.49. The molecule has 4 aromatic rings. The number of benzene rings is 2. The summed E-state index contributed by atoms with van der Waals surface area (Å²) in [6, 6.07) is 22.2. The third kappa shape index (κ3) is 2.18. The molecule has 3 heteroatoms. The molecule has 0 saturated heterocycles. The molecule has 0 unspecified atom stereocenters. The molecule has 0 spiro atoms. The normalized spacial score (nSPS) is 10.6. The Kier molecular flexibility index (Phi) is 3.66. The Morgan fingerprint density at radius 2 is 1.70 bits per heavy atom. The molecule has 99 valence electrons. The van der Waals surface area contributed by atoms with Crippen LogP contribution in [0.3, 0.4) is 0 Å². The van der Waals surface area contributed by atoms with Gasteiger partial charge >= 0.3 is 0 Å². The van der Waals surface area contributed by atoms with Crippen LogP contribution in [0, 0.1) is 6.07 Å². The molecule has 0 bridgehead atoms. The minimum absolute atomic E-state index is 0. The maximum absolute atomic E-state index is 4.55. The van der Waals surface area contributed by atoms with E-state index in [1.807, 2.05) is 18.3 Å². The Labute approximate surface area is 134 Å². The zero-order valence-corrected chi connectivity index (χ0v) is 13.7. The third-order valence-electron chi connectivity index (χ3n) is 3.24. The summed E-state index contributed by atoms with van der Waals surface area (Å²) in [4.78, 5) is 5.66. The van der Waals surface area contributed by atoms with Crippen LogP contribution in [-0.4, -0.2) is 4.98 Å². The second kappa shape index (κ2) is 5.45. The zero-order valence-electron chi connectivity index (χ0n) is 10.5. The first kappa shape index (κ1) is 13.4. The molecule has 0 saturated carbocycles. The molecule has 2 aromatic carbocycles. The molecule has 0 atom stereocenters. The number of rotatable bonds is 1. The Balaban J connectivity index is 0.00000121. The number of hydrogen-bond donors (Lipinski definition) is 0. The van der Waals surface area contributed by atoms with Crippen molar-refractivity contribution in [3.8, 4) is 10.6 Å². The Morgan fingerprint density at radius 1 is 0.900 bits per heavy atom. The minimum Gasteiger partial charge on any atom is -0.302 e. The molecular weight excluding hydrogens is 442 g/mol. The Bertz CT molecular complexity index is 844. The molecule has 0 aliphatic heterocycles. The van der Waals surface area contributed by atoms with E-state index in [0.29, 0.717) is 0 Å². The number of aromatic nitrogens is 1. The van der Waals surface area contributed by atoms with Crippen molar-refractivity contribution in [3.05, 3.63) is 66.9 Å². The number of nitrogens with zero attached hydrogens (tertiary/aromatic N) is 1. The quantitative estimate of drug-likeness (QED) is 0.374. The number of pyridine rings is 1. The number of fused-ring (bicyclic) bond motifs is 2. The van der Waals surface area contributed by atoms with E-state index in [4.69, 9.17) is 0 Å². The fourth-order valence-corrected chi connectivity index (χ4v) is 3.34. The fraction of sp³-hybridized carbons (Fsp3) is 0. The van der Waals surface area contributed by atoms with E-state index in [9.17, 15) is 0 Å². The van der Waals surface area contributed by atoms with Gasteiger partial charge in [0.15, 0.2) is 0 Å². The predicted octanol–water partition coefficient (Wildman–Crippen LogP) is 4.91. The molecule has 1 nitrogen and oxygen atoms in total. The van der Waals surface area contributed by atoms with Crippen LogP contribution in [0.4, 0.5) is 0 Å². The van der Waals surface area contributed by atoms with E-state index >= 15 is 0 Å². The van der Waals surface area contributed by atoms with Gasteiger partial charge in [-0.25, -0.2) is 11.3 Å². The molecule has 2 heterocycles. The largest absolute Gasteiger partial charge is 0.302 e. The summed E-state index contributed by atoms with van der Waals surface area (Å²) in [5.74, 6) is 0. The summed E-state index contributed by atoms with van der Waals surface area (Å²) in [6.45, 7) is 0. The van der Waals surface area contributed by atoms with Gasteiger partial charge in [-0.3, -0.25) is 0 Å². The van der Waals surface area contributed by atoms with Gasteiger partial charge in [0, 0.05) is 32.0 Å². The van der Waals surface area contributed by atoms with E-state index < -0.39 is 0 Å². The van der Waals surface area contributed by atoms with Gasteiger partial charge in [-0.1, -0.05) is 36.4 Å². The smallest absolute Gasteiger partial charge is 0.0167 e. The van der Waals surface area contributed by atoms with E-state index in [1.165, 1.54) is 15.5 Å². The van der Waals surface area contributed by atoms with Gasteiger partial charge < -0.3 is 4.98 Å². The standard InChI is InChI=1S/C17H10NS.Ir/c1-3-7-14-12(5-1)9-10-18-17(14)16-11-13-6-2-4-8-15(13)19-16;/h1-10H;/q-1;. The van der Waals surface area contributed by atoms with Crippen LogP contribution in [0.2, 0.25) is 0 Å². The van der Waals surface area contributed by atoms with Crippen molar-refractivity contribution in [3.63, 3.8) is 0 Å². The van der Waals surface area contributed by atoms with Gasteiger partial charge in [-0.2, -0.15) is 0 Å². The van der Waals surface area contributed by atoms with Crippen molar-refractivity contribution in [2.45, 2.75) is 0 Å². The van der Waals surface area contributed by atoms with E-state index in [0.717, 1.165) is 16.0 Å². The van der Waals surface area contributed by atoms with Gasteiger partial charge in [0.1, 0.15) is 0 Å². The second-order valence-electron chi connectivity index (χ2n) is 4.43. The van der Waals surface area contributed by atoms with Crippen LogP contribution < -0.4 is 0 Å². The molecule has 0 amide bonds. The third-order valence-corrected chi connectivity index (χ3v) is 4.31. The summed E-state index contributed by atoms with van der Waals surface area (Å²) in [7, 11) is 0. The Morgan fingerprint density at radius 3 is 2.60 bits per heavy atom. The monoisotopic (exact) mass is 453 g/mol. The van der Waals surface area contributed by atoms with Crippen molar-refractivity contribution in [2.24, 2.45) is 0 Å². The average molecular weight is 453 g/mol. The molecule has 4 rings (SSSR count). The van der Waals surface area contributed by atoms with Crippen LogP contribution in [0.15, 0.2) is 60.8 Å². The zero-order chi connectivity index (χ0) is 12.7. The summed E-state index contributed by atoms with van der Waals surface area (Å²) in [5.41, 5.74) is 1.03. The first-order valence-corrected chi connectivity index (χ1v) is 6.98. The first-order chi connectivity index (χ1) is 9.42. The van der Waals surface area contributed by atoms with Crippen molar-refractivity contribution >= 4 is 32.2 Å². The van der Waals surface area contributed by atoms with Crippen LogP contribution in [0.1, 0.15) is 0 Å². The number of thiophene rings is 1. The molecular formula is C17H10IrNS-. The summed E-state index contributed by atoms with van der Waals surface area (Å²) in [6.07, 6.45) is 1.87. The minimum atomic E-state index is 0. The van der Waals surface area contributed by atoms with Crippen molar-refractivity contribution in [1.29, 1.82) is 0 Å². The van der Waals surface area contributed by atoms with Crippen LogP contribution in [0.5, 0.6) is 0 Å². The van der Waals surface area contributed by atoms with Gasteiger partial charge in [0.2, 0.25) is 0 Å². The maximum Gasteiger partial charge on any atom is 0.0167 e. The molecule has 0 aliphatic carbocycles. The van der Waals surface area contributed by atoms with Crippen molar-refractivity contribution < 1.29 is 20.1 Å². The van der Waals surface area contributed by atoms with Gasteiger partial charge in [0.25, 0.3) is 0 Å². The molecule has 0 aliphatic rings. The van der Waals surface area contributed by atoms with Crippen LogP contribution in [0.25, 0.3) is 31.4 Å². The van der Waals surface area contributed by atoms with Gasteiger partial charge in [0.05, 0.1) is 0 Å². The van der Waals surface area contributed by atoms with Gasteiger partial charge in [-0.05, 0) is 26.4 Å². The summed E-state index contributed by atoms with van der Waals surface area (Å²) >= 11 is 1.75. The van der Waals surface area contributed by atoms with Crippen LogP contribution in [-0.2, 0) is 20.1 Å². The number of hydrogen-bond acceptors (Lipinski definition) is 2. The van der Waals surface area contributed by atoms with E-state index in [-0.39, 0.29) is 20.1 Å². The van der Waals surface area contributed by atoms with E-state index in [2.05, 4.69) is 53.5 Å². The molecule has 1 radical (unpaired) electrons. The molecule has 20 heavy (non-hydrogen) atoms. The SMILES string of the molecule is [Ir].[c-]1c(-c2nccc3ccccc23)sc2ccccc12.